The summed E-state index contributed by atoms with van der Waals surface area (Å²) in [5.74, 6) is 0.672. The van der Waals surface area contributed by atoms with Crippen LogP contribution in [0.3, 0.4) is 0 Å². The largest absolute Gasteiger partial charge is 0.341 e. The van der Waals surface area contributed by atoms with Crippen molar-refractivity contribution in [2.24, 2.45) is 0 Å². The first-order valence-electron chi connectivity index (χ1n) is 7.90. The molecular weight excluding hydrogens is 310 g/mol. The molecule has 3 heterocycles. The third-order valence-corrected chi connectivity index (χ3v) is 4.66. The summed E-state index contributed by atoms with van der Waals surface area (Å²) in [6, 6.07) is 1.78. The van der Waals surface area contributed by atoms with Gasteiger partial charge in [-0.05, 0) is 31.7 Å². The van der Waals surface area contributed by atoms with Gasteiger partial charge in [0.15, 0.2) is 5.13 Å². The highest BCUT2D eigenvalue weighted by Crippen LogP contribution is 2.21. The van der Waals surface area contributed by atoms with E-state index in [1.807, 2.05) is 12.3 Å². The molecule has 0 spiro atoms. The maximum absolute atomic E-state index is 12.5. The molecule has 1 N–H and O–H groups in total. The number of anilines is 2. The van der Waals surface area contributed by atoms with Crippen LogP contribution in [-0.2, 0) is 0 Å². The van der Waals surface area contributed by atoms with Crippen molar-refractivity contribution in [3.05, 3.63) is 28.5 Å². The fraction of sp³-hybridized carbons (Fsp3) is 0.500. The van der Waals surface area contributed by atoms with E-state index in [0.29, 0.717) is 16.8 Å². The minimum Gasteiger partial charge on any atom is -0.341 e. The van der Waals surface area contributed by atoms with Crippen molar-refractivity contribution in [1.29, 1.82) is 0 Å². The summed E-state index contributed by atoms with van der Waals surface area (Å²) >= 11 is 1.42. The van der Waals surface area contributed by atoms with E-state index in [9.17, 15) is 4.79 Å². The van der Waals surface area contributed by atoms with Crippen LogP contribution in [0.25, 0.3) is 0 Å². The number of nitrogens with one attached hydrogen (secondary N) is 1. The number of nitrogens with zero attached hydrogens (tertiary/aromatic N) is 4. The maximum Gasteiger partial charge on any atom is 0.276 e. The summed E-state index contributed by atoms with van der Waals surface area (Å²) < 4.78 is 0. The van der Waals surface area contributed by atoms with Gasteiger partial charge in [0.25, 0.3) is 5.91 Å². The fourth-order valence-corrected chi connectivity index (χ4v) is 3.18. The lowest BCUT2D eigenvalue weighted by Crippen LogP contribution is -2.23. The van der Waals surface area contributed by atoms with Crippen molar-refractivity contribution in [1.82, 2.24) is 15.0 Å². The zero-order valence-electron chi connectivity index (χ0n) is 13.7. The van der Waals surface area contributed by atoms with Crippen LogP contribution in [-0.4, -0.2) is 33.9 Å². The van der Waals surface area contributed by atoms with Gasteiger partial charge in [-0.15, -0.1) is 11.3 Å². The van der Waals surface area contributed by atoms with E-state index in [1.165, 1.54) is 11.3 Å². The summed E-state index contributed by atoms with van der Waals surface area (Å²) in [7, 11) is 0. The van der Waals surface area contributed by atoms with Gasteiger partial charge in [0.1, 0.15) is 5.69 Å². The molecule has 1 saturated heterocycles. The van der Waals surface area contributed by atoms with Crippen molar-refractivity contribution in [2.75, 3.05) is 23.3 Å². The van der Waals surface area contributed by atoms with Gasteiger partial charge in [0, 0.05) is 24.2 Å². The predicted molar refractivity (Wildman–Crippen MR) is 92.4 cm³/mol. The van der Waals surface area contributed by atoms with E-state index in [1.54, 1.807) is 6.07 Å². The Balaban J connectivity index is 1.88. The van der Waals surface area contributed by atoms with E-state index in [-0.39, 0.29) is 11.8 Å². The monoisotopic (exact) mass is 331 g/mol. The lowest BCUT2D eigenvalue weighted by Gasteiger charge is -2.18. The first kappa shape index (κ1) is 15.9. The molecule has 0 radical (unpaired) electrons. The Labute approximate surface area is 140 Å². The molecule has 0 aliphatic carbocycles. The smallest absolute Gasteiger partial charge is 0.276 e. The van der Waals surface area contributed by atoms with Crippen molar-refractivity contribution in [2.45, 2.75) is 39.5 Å². The molecule has 23 heavy (non-hydrogen) atoms. The van der Waals surface area contributed by atoms with E-state index in [4.69, 9.17) is 0 Å². The fourth-order valence-electron chi connectivity index (χ4n) is 2.50. The van der Waals surface area contributed by atoms with Crippen LogP contribution in [0.2, 0.25) is 0 Å². The first-order valence-corrected chi connectivity index (χ1v) is 8.78. The Hall–Kier alpha value is -2.02. The predicted octanol–water partition coefficient (Wildman–Crippen LogP) is 3.22. The highest BCUT2D eigenvalue weighted by molar-refractivity contribution is 7.13. The second kappa shape index (κ2) is 6.62. The summed E-state index contributed by atoms with van der Waals surface area (Å²) in [6.45, 7) is 7.95. The van der Waals surface area contributed by atoms with Crippen LogP contribution >= 0.6 is 11.3 Å². The summed E-state index contributed by atoms with van der Waals surface area (Å²) in [5, 5.41) is 5.33. The minimum absolute atomic E-state index is 0.232. The van der Waals surface area contributed by atoms with Crippen LogP contribution in [0.15, 0.2) is 11.4 Å². The van der Waals surface area contributed by atoms with Gasteiger partial charge in [-0.25, -0.2) is 15.0 Å². The number of hydrogen-bond donors (Lipinski definition) is 1. The number of aromatic nitrogens is 3. The summed E-state index contributed by atoms with van der Waals surface area (Å²) in [4.78, 5) is 28.0. The molecule has 0 atom stereocenters. The normalized spacial score (nSPS) is 14.5. The number of aryl methyl sites for hydroxylation is 1. The van der Waals surface area contributed by atoms with E-state index in [2.05, 4.69) is 39.0 Å². The molecule has 0 unspecified atom stereocenters. The number of hydrogen-bond acceptors (Lipinski definition) is 6. The van der Waals surface area contributed by atoms with E-state index >= 15 is 0 Å². The van der Waals surface area contributed by atoms with Crippen LogP contribution in [0.4, 0.5) is 11.1 Å². The van der Waals surface area contributed by atoms with Gasteiger partial charge in [0.05, 0.1) is 5.69 Å². The summed E-state index contributed by atoms with van der Waals surface area (Å²) in [6.07, 6.45) is 2.30. The third kappa shape index (κ3) is 3.67. The summed E-state index contributed by atoms with van der Waals surface area (Å²) in [5.41, 5.74) is 2.19. The Morgan fingerprint density at radius 1 is 1.26 bits per heavy atom. The Kier molecular flexibility index (Phi) is 4.56. The highest BCUT2D eigenvalue weighted by Gasteiger charge is 2.20. The number of rotatable bonds is 4. The average molecular weight is 331 g/mol. The molecule has 1 fully saturated rings. The van der Waals surface area contributed by atoms with Gasteiger partial charge in [-0.2, -0.15) is 0 Å². The Bertz CT molecular complexity index is 706. The molecule has 0 aromatic carbocycles. The number of carbonyl (C=O) groups excluding carboxylic acids is 1. The quantitative estimate of drug-likeness (QED) is 0.931. The molecule has 2 aromatic rings. The Morgan fingerprint density at radius 2 is 2.00 bits per heavy atom. The lowest BCUT2D eigenvalue weighted by molar-refractivity contribution is 0.102. The topological polar surface area (TPSA) is 71.0 Å². The molecule has 2 aromatic heterocycles. The van der Waals surface area contributed by atoms with Crippen molar-refractivity contribution in [3.8, 4) is 0 Å². The zero-order chi connectivity index (χ0) is 16.4. The van der Waals surface area contributed by atoms with Gasteiger partial charge >= 0.3 is 0 Å². The van der Waals surface area contributed by atoms with Gasteiger partial charge in [-0.3, -0.25) is 10.1 Å². The van der Waals surface area contributed by atoms with Crippen molar-refractivity contribution >= 4 is 28.3 Å². The van der Waals surface area contributed by atoms with Crippen LogP contribution in [0, 0.1) is 6.92 Å². The number of thiazole rings is 1. The second-order valence-corrected chi connectivity index (χ2v) is 6.93. The standard InChI is InChI=1S/C16H21N5OS/c1-10(2)12-8-13(14(22)20-16-17-11(3)9-23-16)19-15(18-12)21-6-4-5-7-21/h8-10H,4-7H2,1-3H3,(H,17,20,22). The minimum atomic E-state index is -0.232. The highest BCUT2D eigenvalue weighted by atomic mass is 32.1. The molecule has 6 nitrogen and oxygen atoms in total. The molecule has 1 amide bonds. The maximum atomic E-state index is 12.5. The first-order chi connectivity index (χ1) is 11.0. The van der Waals surface area contributed by atoms with Crippen LogP contribution in [0.1, 0.15) is 54.5 Å². The van der Waals surface area contributed by atoms with Crippen LogP contribution < -0.4 is 10.2 Å². The lowest BCUT2D eigenvalue weighted by atomic mass is 10.1. The zero-order valence-corrected chi connectivity index (χ0v) is 14.5. The van der Waals surface area contributed by atoms with E-state index < -0.39 is 0 Å². The number of carbonyl (C=O) groups is 1. The number of amides is 1. The van der Waals surface area contributed by atoms with Gasteiger partial charge in [0.2, 0.25) is 5.95 Å². The van der Waals surface area contributed by atoms with Crippen molar-refractivity contribution < 1.29 is 4.79 Å². The molecule has 0 bridgehead atoms. The molecule has 3 rings (SSSR count). The average Bonchev–Trinajstić information content (AvgIpc) is 3.18. The Morgan fingerprint density at radius 3 is 2.61 bits per heavy atom. The SMILES string of the molecule is Cc1csc(NC(=O)c2cc(C(C)C)nc(N3CCCC3)n2)n1. The second-order valence-electron chi connectivity index (χ2n) is 6.08. The van der Waals surface area contributed by atoms with Crippen molar-refractivity contribution in [3.63, 3.8) is 0 Å². The van der Waals surface area contributed by atoms with Gasteiger partial charge < -0.3 is 4.90 Å². The van der Waals surface area contributed by atoms with E-state index in [0.717, 1.165) is 37.3 Å². The molecule has 1 aliphatic rings. The molecule has 7 heteroatoms. The molecule has 1 aliphatic heterocycles. The van der Waals surface area contributed by atoms with Gasteiger partial charge in [-0.1, -0.05) is 13.8 Å². The third-order valence-electron chi connectivity index (χ3n) is 3.79. The molecular formula is C16H21N5OS. The molecule has 122 valence electrons. The van der Waals surface area contributed by atoms with Crippen LogP contribution in [0.5, 0.6) is 0 Å². The molecule has 0 saturated carbocycles.